The summed E-state index contributed by atoms with van der Waals surface area (Å²) < 4.78 is 23.1. The number of hydrogen-bond acceptors (Lipinski definition) is 4. The van der Waals surface area contributed by atoms with E-state index in [9.17, 15) is 8.42 Å². The molecule has 3 nitrogen and oxygen atoms in total. The first-order valence-electron chi connectivity index (χ1n) is 5.01. The summed E-state index contributed by atoms with van der Waals surface area (Å²) in [6.07, 6.45) is 1.93. The fourth-order valence-electron chi connectivity index (χ4n) is 1.22. The number of nitrogens with one attached hydrogen (secondary N) is 1. The van der Waals surface area contributed by atoms with Crippen molar-refractivity contribution >= 4 is 37.1 Å². The van der Waals surface area contributed by atoms with E-state index >= 15 is 0 Å². The number of halogens is 1. The Kier molecular flexibility index (Phi) is 5.43. The first-order valence-corrected chi connectivity index (χ1v) is 8.74. The van der Waals surface area contributed by atoms with Crippen molar-refractivity contribution < 1.29 is 8.42 Å². The second-order valence-corrected chi connectivity index (χ2v) is 8.51. The highest BCUT2D eigenvalue weighted by Gasteiger charge is 2.07. The van der Waals surface area contributed by atoms with E-state index in [0.717, 1.165) is 10.3 Å². The molecular weight excluding hydrogens is 310 g/mol. The minimum Gasteiger partial charge on any atom is -0.310 e. The van der Waals surface area contributed by atoms with Gasteiger partial charge in [-0.25, -0.2) is 8.42 Å². The van der Waals surface area contributed by atoms with Crippen molar-refractivity contribution in [3.63, 3.8) is 0 Å². The maximum absolute atomic E-state index is 11.0. The first-order chi connectivity index (χ1) is 7.37. The van der Waals surface area contributed by atoms with Gasteiger partial charge >= 0.3 is 0 Å². The zero-order chi connectivity index (χ0) is 12.2. The molecule has 1 aromatic heterocycles. The molecule has 0 radical (unpaired) electrons. The van der Waals surface area contributed by atoms with E-state index in [1.807, 2.05) is 6.92 Å². The van der Waals surface area contributed by atoms with E-state index in [2.05, 4.69) is 32.7 Å². The lowest BCUT2D eigenvalue weighted by atomic mass is 10.2. The molecule has 1 rings (SSSR count). The lowest BCUT2D eigenvalue weighted by molar-refractivity contribution is 0.528. The Hall–Kier alpha value is 0.0900. The van der Waals surface area contributed by atoms with Gasteiger partial charge in [-0.2, -0.15) is 0 Å². The largest absolute Gasteiger partial charge is 0.310 e. The van der Waals surface area contributed by atoms with Gasteiger partial charge in [0.25, 0.3) is 0 Å². The van der Waals surface area contributed by atoms with E-state index in [1.165, 1.54) is 11.8 Å². The molecule has 1 heterocycles. The number of thiophene rings is 1. The average Bonchev–Trinajstić information content (AvgIpc) is 2.57. The minimum atomic E-state index is -2.84. The molecule has 0 fully saturated rings. The van der Waals surface area contributed by atoms with E-state index in [-0.39, 0.29) is 11.8 Å². The predicted octanol–water partition coefficient (Wildman–Crippen LogP) is 2.42. The number of rotatable bonds is 6. The molecule has 16 heavy (non-hydrogen) atoms. The van der Waals surface area contributed by atoms with Crippen molar-refractivity contribution in [1.29, 1.82) is 0 Å². The fourth-order valence-corrected chi connectivity index (χ4v) is 3.21. The molecule has 0 saturated heterocycles. The summed E-state index contributed by atoms with van der Waals surface area (Å²) in [5.41, 5.74) is 1.23. The third-order valence-corrected chi connectivity index (χ3v) is 4.73. The SMILES string of the molecule is CC(CCS(C)(=O)=O)NCc1csc(Br)c1. The average molecular weight is 326 g/mol. The maximum Gasteiger partial charge on any atom is 0.147 e. The third kappa shape index (κ3) is 5.98. The van der Waals surface area contributed by atoms with Crippen molar-refractivity contribution in [2.45, 2.75) is 25.9 Å². The molecule has 1 unspecified atom stereocenters. The normalized spacial score (nSPS) is 13.9. The molecule has 0 spiro atoms. The van der Waals surface area contributed by atoms with E-state index in [0.29, 0.717) is 6.42 Å². The van der Waals surface area contributed by atoms with Crippen LogP contribution in [0.15, 0.2) is 15.2 Å². The molecular formula is C10H16BrNO2S2. The van der Waals surface area contributed by atoms with Gasteiger partial charge in [0.15, 0.2) is 0 Å². The minimum absolute atomic E-state index is 0.216. The molecule has 0 amide bonds. The van der Waals surface area contributed by atoms with Crippen LogP contribution >= 0.6 is 27.3 Å². The van der Waals surface area contributed by atoms with E-state index in [4.69, 9.17) is 0 Å². The van der Waals surface area contributed by atoms with Gasteiger partial charge < -0.3 is 5.32 Å². The summed E-state index contributed by atoms with van der Waals surface area (Å²) in [4.78, 5) is 0. The molecule has 0 aliphatic rings. The molecule has 0 aliphatic carbocycles. The Labute approximate surface area is 109 Å². The van der Waals surface area contributed by atoms with Crippen LogP contribution in [-0.4, -0.2) is 26.5 Å². The second-order valence-electron chi connectivity index (χ2n) is 3.96. The Morgan fingerprint density at radius 1 is 1.56 bits per heavy atom. The summed E-state index contributed by atoms with van der Waals surface area (Å²) >= 11 is 5.06. The van der Waals surface area contributed by atoms with Crippen molar-refractivity contribution in [1.82, 2.24) is 5.32 Å². The molecule has 92 valence electrons. The molecule has 0 saturated carbocycles. The van der Waals surface area contributed by atoms with Crippen LogP contribution in [-0.2, 0) is 16.4 Å². The van der Waals surface area contributed by atoms with E-state index in [1.54, 1.807) is 11.3 Å². The summed E-state index contributed by atoms with van der Waals surface area (Å²) in [6.45, 7) is 2.79. The van der Waals surface area contributed by atoms with Crippen molar-refractivity contribution in [3.8, 4) is 0 Å². The molecule has 0 bridgehead atoms. The standard InChI is InChI=1S/C10H16BrNO2S2/c1-8(3-4-16(2,13)14)12-6-9-5-10(11)15-7-9/h5,7-8,12H,3-4,6H2,1-2H3. The molecule has 1 N–H and O–H groups in total. The van der Waals surface area contributed by atoms with Gasteiger partial charge in [0, 0.05) is 18.8 Å². The lowest BCUT2D eigenvalue weighted by Crippen LogP contribution is -2.27. The van der Waals surface area contributed by atoms with Gasteiger partial charge in [-0.3, -0.25) is 0 Å². The predicted molar refractivity (Wildman–Crippen MR) is 72.6 cm³/mol. The smallest absolute Gasteiger partial charge is 0.147 e. The van der Waals surface area contributed by atoms with Crippen molar-refractivity contribution in [2.24, 2.45) is 0 Å². The van der Waals surface area contributed by atoms with Crippen LogP contribution < -0.4 is 5.32 Å². The molecule has 0 aliphatic heterocycles. The Morgan fingerprint density at radius 2 is 2.25 bits per heavy atom. The lowest BCUT2D eigenvalue weighted by Gasteiger charge is -2.12. The Bertz CT molecular complexity index is 428. The van der Waals surface area contributed by atoms with Crippen LogP contribution in [0.5, 0.6) is 0 Å². The summed E-state index contributed by atoms with van der Waals surface area (Å²) in [5.74, 6) is 0.245. The maximum atomic E-state index is 11.0. The Balaban J connectivity index is 2.28. The van der Waals surface area contributed by atoms with Gasteiger partial charge in [-0.1, -0.05) is 0 Å². The highest BCUT2D eigenvalue weighted by atomic mass is 79.9. The highest BCUT2D eigenvalue weighted by molar-refractivity contribution is 9.11. The molecule has 1 atom stereocenters. The quantitative estimate of drug-likeness (QED) is 0.873. The van der Waals surface area contributed by atoms with Crippen molar-refractivity contribution in [2.75, 3.05) is 12.0 Å². The topological polar surface area (TPSA) is 46.2 Å². The van der Waals surface area contributed by atoms with Crippen molar-refractivity contribution in [3.05, 3.63) is 20.8 Å². The third-order valence-electron chi connectivity index (χ3n) is 2.20. The van der Waals surface area contributed by atoms with Crippen LogP contribution in [0.25, 0.3) is 0 Å². The summed E-state index contributed by atoms with van der Waals surface area (Å²) in [7, 11) is -2.84. The Morgan fingerprint density at radius 3 is 2.75 bits per heavy atom. The second kappa shape index (κ2) is 6.14. The van der Waals surface area contributed by atoms with Crippen LogP contribution in [0.2, 0.25) is 0 Å². The van der Waals surface area contributed by atoms with Gasteiger partial charge in [0.2, 0.25) is 0 Å². The zero-order valence-corrected chi connectivity index (χ0v) is 12.6. The van der Waals surface area contributed by atoms with Gasteiger partial charge in [-0.15, -0.1) is 11.3 Å². The molecule has 6 heteroatoms. The van der Waals surface area contributed by atoms with Gasteiger partial charge in [-0.05, 0) is 46.3 Å². The molecule has 0 aromatic carbocycles. The monoisotopic (exact) mass is 325 g/mol. The van der Waals surface area contributed by atoms with E-state index < -0.39 is 9.84 Å². The number of sulfone groups is 1. The van der Waals surface area contributed by atoms with Gasteiger partial charge in [0.05, 0.1) is 9.54 Å². The first kappa shape index (κ1) is 14.2. The van der Waals surface area contributed by atoms with Crippen LogP contribution in [0.1, 0.15) is 18.9 Å². The van der Waals surface area contributed by atoms with Crippen LogP contribution in [0, 0.1) is 0 Å². The van der Waals surface area contributed by atoms with Crippen LogP contribution in [0.4, 0.5) is 0 Å². The zero-order valence-electron chi connectivity index (χ0n) is 9.36. The number of hydrogen-bond donors (Lipinski definition) is 1. The van der Waals surface area contributed by atoms with Gasteiger partial charge in [0.1, 0.15) is 9.84 Å². The fraction of sp³-hybridized carbons (Fsp3) is 0.600. The molecule has 1 aromatic rings. The summed E-state index contributed by atoms with van der Waals surface area (Å²) in [5, 5.41) is 5.39. The van der Waals surface area contributed by atoms with Crippen LogP contribution in [0.3, 0.4) is 0 Å². The summed E-state index contributed by atoms with van der Waals surface area (Å²) in [6, 6.07) is 2.29. The highest BCUT2D eigenvalue weighted by Crippen LogP contribution is 2.20.